The fourth-order valence-corrected chi connectivity index (χ4v) is 2.76. The number of hydrogen-bond donors (Lipinski definition) is 1. The zero-order valence-corrected chi connectivity index (χ0v) is 11.5. The van der Waals surface area contributed by atoms with Gasteiger partial charge in [0.15, 0.2) is 5.13 Å². The maximum Gasteiger partial charge on any atom is 0.270 e. The third-order valence-corrected chi connectivity index (χ3v) is 3.82. The first-order valence-corrected chi connectivity index (χ1v) is 6.82. The van der Waals surface area contributed by atoms with Gasteiger partial charge < -0.3 is 5.32 Å². The van der Waals surface area contributed by atoms with E-state index in [2.05, 4.69) is 10.3 Å². The van der Waals surface area contributed by atoms with Crippen molar-refractivity contribution in [3.05, 3.63) is 58.1 Å². The van der Waals surface area contributed by atoms with Crippen LogP contribution in [0.2, 0.25) is 0 Å². The van der Waals surface area contributed by atoms with Crippen molar-refractivity contribution < 1.29 is 4.92 Å². The van der Waals surface area contributed by atoms with Gasteiger partial charge in [-0.3, -0.25) is 10.1 Å². The molecule has 1 aromatic heterocycles. The molecule has 0 aliphatic heterocycles. The highest BCUT2D eigenvalue weighted by molar-refractivity contribution is 7.22. The molecule has 2 aromatic carbocycles. The molecule has 1 heterocycles. The van der Waals surface area contributed by atoms with E-state index >= 15 is 0 Å². The number of nitro benzene ring substituents is 1. The number of thiazole rings is 1. The van der Waals surface area contributed by atoms with Crippen LogP contribution in [0.3, 0.4) is 0 Å². The third kappa shape index (κ3) is 2.46. The van der Waals surface area contributed by atoms with Crippen LogP contribution < -0.4 is 5.32 Å². The first-order valence-electron chi connectivity index (χ1n) is 6.00. The fraction of sp³-hybridized carbons (Fsp3) is 0.0714. The summed E-state index contributed by atoms with van der Waals surface area (Å²) in [5.74, 6) is 0. The molecule has 0 radical (unpaired) electrons. The van der Waals surface area contributed by atoms with E-state index < -0.39 is 4.92 Å². The van der Waals surface area contributed by atoms with Gasteiger partial charge >= 0.3 is 0 Å². The molecule has 0 aliphatic carbocycles. The Bertz CT molecular complexity index is 781. The molecule has 0 saturated carbocycles. The second-order valence-electron chi connectivity index (χ2n) is 4.42. The monoisotopic (exact) mass is 285 g/mol. The number of aromatic nitrogens is 1. The Labute approximate surface area is 119 Å². The molecular weight excluding hydrogens is 274 g/mol. The minimum atomic E-state index is -0.397. The Morgan fingerprint density at radius 1 is 1.20 bits per heavy atom. The lowest BCUT2D eigenvalue weighted by atomic mass is 10.2. The summed E-state index contributed by atoms with van der Waals surface area (Å²) in [5, 5.41) is 14.7. The van der Waals surface area contributed by atoms with E-state index in [4.69, 9.17) is 0 Å². The smallest absolute Gasteiger partial charge is 0.270 e. The number of fused-ring (bicyclic) bond motifs is 1. The highest BCUT2D eigenvalue weighted by Crippen LogP contribution is 2.30. The molecule has 20 heavy (non-hydrogen) atoms. The van der Waals surface area contributed by atoms with Gasteiger partial charge in [0, 0.05) is 17.8 Å². The first-order chi connectivity index (χ1) is 9.61. The number of nitrogens with zero attached hydrogens (tertiary/aromatic N) is 2. The van der Waals surface area contributed by atoms with E-state index in [9.17, 15) is 10.1 Å². The molecule has 3 aromatic rings. The van der Waals surface area contributed by atoms with Crippen LogP contribution in [0.5, 0.6) is 0 Å². The summed E-state index contributed by atoms with van der Waals surface area (Å²) in [5.41, 5.74) is 2.98. The molecule has 0 saturated heterocycles. The lowest BCUT2D eigenvalue weighted by Gasteiger charge is -2.01. The zero-order valence-electron chi connectivity index (χ0n) is 10.7. The van der Waals surface area contributed by atoms with Crippen LogP contribution in [0.1, 0.15) is 5.56 Å². The van der Waals surface area contributed by atoms with Crippen LogP contribution in [0.4, 0.5) is 16.5 Å². The van der Waals surface area contributed by atoms with Crippen LogP contribution in [0, 0.1) is 17.0 Å². The number of anilines is 2. The first kappa shape index (κ1) is 12.6. The number of nitro groups is 1. The molecule has 1 N–H and O–H groups in total. The van der Waals surface area contributed by atoms with Gasteiger partial charge in [-0.05, 0) is 25.1 Å². The predicted molar refractivity (Wildman–Crippen MR) is 80.7 cm³/mol. The quantitative estimate of drug-likeness (QED) is 0.576. The third-order valence-electron chi connectivity index (χ3n) is 2.89. The van der Waals surface area contributed by atoms with E-state index in [1.807, 2.05) is 31.2 Å². The minimum Gasteiger partial charge on any atom is -0.332 e. The van der Waals surface area contributed by atoms with Crippen molar-refractivity contribution in [1.29, 1.82) is 0 Å². The van der Waals surface area contributed by atoms with Crippen molar-refractivity contribution in [3.8, 4) is 0 Å². The van der Waals surface area contributed by atoms with Gasteiger partial charge in [-0.15, -0.1) is 0 Å². The topological polar surface area (TPSA) is 68.1 Å². The fourth-order valence-electron chi connectivity index (χ4n) is 1.84. The van der Waals surface area contributed by atoms with Crippen LogP contribution in [-0.2, 0) is 0 Å². The summed E-state index contributed by atoms with van der Waals surface area (Å²) in [7, 11) is 0. The number of benzene rings is 2. The van der Waals surface area contributed by atoms with Crippen LogP contribution in [0.15, 0.2) is 42.5 Å². The largest absolute Gasteiger partial charge is 0.332 e. The van der Waals surface area contributed by atoms with Crippen LogP contribution in [-0.4, -0.2) is 9.91 Å². The van der Waals surface area contributed by atoms with Gasteiger partial charge in [0.1, 0.15) is 0 Å². The van der Waals surface area contributed by atoms with Gasteiger partial charge in [0.25, 0.3) is 5.69 Å². The summed E-state index contributed by atoms with van der Waals surface area (Å²) in [6.45, 7) is 2.03. The Hall–Kier alpha value is -2.47. The molecule has 0 amide bonds. The van der Waals surface area contributed by atoms with Crippen molar-refractivity contribution in [2.24, 2.45) is 0 Å². The SMILES string of the molecule is Cc1ccc(Nc2nc3ccc([N+](=O)[O-])cc3s2)cc1. The summed E-state index contributed by atoms with van der Waals surface area (Å²) in [6.07, 6.45) is 0. The molecule has 100 valence electrons. The van der Waals surface area contributed by atoms with E-state index in [0.29, 0.717) is 0 Å². The molecule has 0 aliphatic rings. The predicted octanol–water partition coefficient (Wildman–Crippen LogP) is 4.26. The second kappa shape index (κ2) is 4.90. The van der Waals surface area contributed by atoms with Crippen LogP contribution in [0.25, 0.3) is 10.2 Å². The molecule has 5 nitrogen and oxygen atoms in total. The standard InChI is InChI=1S/C14H11N3O2S/c1-9-2-4-10(5-3-9)15-14-16-12-7-6-11(17(18)19)8-13(12)20-14/h2-8H,1H3,(H,15,16). The van der Waals surface area contributed by atoms with Gasteiger partial charge in [-0.2, -0.15) is 0 Å². The van der Waals surface area contributed by atoms with Gasteiger partial charge in [0.05, 0.1) is 15.1 Å². The second-order valence-corrected chi connectivity index (χ2v) is 5.45. The lowest BCUT2D eigenvalue weighted by molar-refractivity contribution is -0.384. The number of nitrogens with one attached hydrogen (secondary N) is 1. The summed E-state index contributed by atoms with van der Waals surface area (Å²) in [4.78, 5) is 14.8. The van der Waals surface area contributed by atoms with Crippen molar-refractivity contribution >= 4 is 38.1 Å². The highest BCUT2D eigenvalue weighted by atomic mass is 32.1. The number of rotatable bonds is 3. The van der Waals surface area contributed by atoms with Gasteiger partial charge in [-0.1, -0.05) is 29.0 Å². The summed E-state index contributed by atoms with van der Waals surface area (Å²) >= 11 is 1.40. The summed E-state index contributed by atoms with van der Waals surface area (Å²) in [6, 6.07) is 12.7. The average molecular weight is 285 g/mol. The maximum absolute atomic E-state index is 10.7. The Morgan fingerprint density at radius 2 is 1.95 bits per heavy atom. The normalized spacial score (nSPS) is 10.7. The zero-order chi connectivity index (χ0) is 14.1. The lowest BCUT2D eigenvalue weighted by Crippen LogP contribution is -1.88. The molecule has 0 fully saturated rings. The number of aryl methyl sites for hydroxylation is 1. The average Bonchev–Trinajstić information content (AvgIpc) is 2.82. The number of non-ortho nitro benzene ring substituents is 1. The highest BCUT2D eigenvalue weighted by Gasteiger charge is 2.10. The maximum atomic E-state index is 10.7. The molecule has 6 heteroatoms. The molecule has 0 unspecified atom stereocenters. The van der Waals surface area contributed by atoms with Crippen molar-refractivity contribution in [1.82, 2.24) is 4.98 Å². The van der Waals surface area contributed by atoms with E-state index in [1.165, 1.54) is 23.0 Å². The summed E-state index contributed by atoms with van der Waals surface area (Å²) < 4.78 is 0.800. The van der Waals surface area contributed by atoms with E-state index in [1.54, 1.807) is 12.1 Å². The van der Waals surface area contributed by atoms with Crippen molar-refractivity contribution in [3.63, 3.8) is 0 Å². The minimum absolute atomic E-state index is 0.0861. The Balaban J connectivity index is 1.92. The molecule has 3 rings (SSSR count). The Kier molecular flexibility index (Phi) is 3.08. The molecule has 0 atom stereocenters. The molecule has 0 bridgehead atoms. The van der Waals surface area contributed by atoms with Crippen molar-refractivity contribution in [2.75, 3.05) is 5.32 Å². The molecule has 0 spiro atoms. The van der Waals surface area contributed by atoms with Crippen LogP contribution >= 0.6 is 11.3 Å². The van der Waals surface area contributed by atoms with E-state index in [-0.39, 0.29) is 5.69 Å². The van der Waals surface area contributed by atoms with Gasteiger partial charge in [-0.25, -0.2) is 4.98 Å². The van der Waals surface area contributed by atoms with E-state index in [0.717, 1.165) is 21.0 Å². The van der Waals surface area contributed by atoms with Gasteiger partial charge in [0.2, 0.25) is 0 Å². The Morgan fingerprint density at radius 3 is 2.65 bits per heavy atom. The van der Waals surface area contributed by atoms with Crippen molar-refractivity contribution in [2.45, 2.75) is 6.92 Å². The number of hydrogen-bond acceptors (Lipinski definition) is 5. The molecular formula is C14H11N3O2S.